The molecule has 1 saturated heterocycles. The molecular weight excluding hydrogens is 326 g/mol. The number of methoxy groups -OCH3 is 1. The lowest BCUT2D eigenvalue weighted by atomic mass is 10.1. The predicted molar refractivity (Wildman–Crippen MR) is 105 cm³/mol. The van der Waals surface area contributed by atoms with Crippen LogP contribution in [0.5, 0.6) is 5.75 Å². The summed E-state index contributed by atoms with van der Waals surface area (Å²) >= 11 is 0. The molecule has 5 heteroatoms. The maximum atomic E-state index is 12.1. The standard InChI is InChI=1S/C21H27N3O2/c1-26-19-7-4-6-18(13-19)24-12-11-16(15-24)14-23-21(25)10-9-17-5-2-3-8-20(17)22/h2-8,13,16H,9-12,14-15,22H2,1H3,(H,23,25). The molecule has 2 aromatic rings. The third-order valence-electron chi connectivity index (χ3n) is 4.97. The summed E-state index contributed by atoms with van der Waals surface area (Å²) in [6, 6.07) is 15.8. The third-order valence-corrected chi connectivity index (χ3v) is 4.97. The molecule has 1 atom stereocenters. The van der Waals surface area contributed by atoms with Gasteiger partial charge in [-0.15, -0.1) is 0 Å². The minimum atomic E-state index is 0.0908. The number of aryl methyl sites for hydroxylation is 1. The van der Waals surface area contributed by atoms with E-state index in [1.54, 1.807) is 7.11 Å². The zero-order valence-electron chi connectivity index (χ0n) is 15.3. The first-order valence-electron chi connectivity index (χ1n) is 9.15. The van der Waals surface area contributed by atoms with Crippen molar-refractivity contribution in [2.24, 2.45) is 5.92 Å². The summed E-state index contributed by atoms with van der Waals surface area (Å²) in [4.78, 5) is 14.5. The zero-order chi connectivity index (χ0) is 18.4. The van der Waals surface area contributed by atoms with Gasteiger partial charge in [0.15, 0.2) is 0 Å². The molecule has 0 aromatic heterocycles. The fourth-order valence-corrected chi connectivity index (χ4v) is 3.40. The Morgan fingerprint density at radius 3 is 2.92 bits per heavy atom. The molecule has 1 amide bonds. The highest BCUT2D eigenvalue weighted by atomic mass is 16.5. The van der Waals surface area contributed by atoms with Crippen LogP contribution < -0.4 is 20.7 Å². The highest BCUT2D eigenvalue weighted by Gasteiger charge is 2.23. The average molecular weight is 353 g/mol. The van der Waals surface area contributed by atoms with Gasteiger partial charge in [0.25, 0.3) is 0 Å². The summed E-state index contributed by atoms with van der Waals surface area (Å²) in [5, 5.41) is 3.08. The molecule has 0 aliphatic carbocycles. The minimum Gasteiger partial charge on any atom is -0.497 e. The van der Waals surface area contributed by atoms with E-state index in [0.717, 1.165) is 43.1 Å². The summed E-state index contributed by atoms with van der Waals surface area (Å²) in [6.45, 7) is 2.69. The summed E-state index contributed by atoms with van der Waals surface area (Å²) in [7, 11) is 1.69. The number of anilines is 2. The van der Waals surface area contributed by atoms with Gasteiger partial charge in [0, 0.05) is 43.5 Å². The second-order valence-corrected chi connectivity index (χ2v) is 6.81. The third kappa shape index (κ3) is 4.69. The molecule has 0 spiro atoms. The lowest BCUT2D eigenvalue weighted by Gasteiger charge is -2.19. The highest BCUT2D eigenvalue weighted by molar-refractivity contribution is 5.76. The molecule has 0 bridgehead atoms. The Kier molecular flexibility index (Phi) is 6.00. The van der Waals surface area contributed by atoms with Crippen molar-refractivity contribution in [1.82, 2.24) is 5.32 Å². The number of carbonyl (C=O) groups excluding carboxylic acids is 1. The van der Waals surface area contributed by atoms with Gasteiger partial charge in [-0.3, -0.25) is 4.79 Å². The SMILES string of the molecule is COc1cccc(N2CCC(CNC(=O)CCc3ccccc3N)C2)c1. The van der Waals surface area contributed by atoms with Crippen molar-refractivity contribution in [3.8, 4) is 5.75 Å². The van der Waals surface area contributed by atoms with E-state index in [1.165, 1.54) is 5.69 Å². The molecule has 1 fully saturated rings. The van der Waals surface area contributed by atoms with Crippen LogP contribution in [0.25, 0.3) is 0 Å². The van der Waals surface area contributed by atoms with Crippen LogP contribution in [0.4, 0.5) is 11.4 Å². The fourth-order valence-electron chi connectivity index (χ4n) is 3.40. The van der Waals surface area contributed by atoms with Crippen LogP contribution in [0.2, 0.25) is 0 Å². The average Bonchev–Trinajstić information content (AvgIpc) is 3.15. The van der Waals surface area contributed by atoms with E-state index < -0.39 is 0 Å². The van der Waals surface area contributed by atoms with Crippen molar-refractivity contribution in [3.63, 3.8) is 0 Å². The van der Waals surface area contributed by atoms with E-state index in [1.807, 2.05) is 36.4 Å². The summed E-state index contributed by atoms with van der Waals surface area (Å²) in [6.07, 6.45) is 2.24. The van der Waals surface area contributed by atoms with Gasteiger partial charge in [0.05, 0.1) is 7.11 Å². The molecule has 3 N–H and O–H groups in total. The van der Waals surface area contributed by atoms with Crippen LogP contribution in [-0.4, -0.2) is 32.7 Å². The topological polar surface area (TPSA) is 67.6 Å². The second kappa shape index (κ2) is 8.61. The number of carbonyl (C=O) groups is 1. The Bertz CT molecular complexity index is 748. The molecule has 1 aliphatic rings. The Labute approximate surface area is 155 Å². The molecule has 1 heterocycles. The molecule has 5 nitrogen and oxygen atoms in total. The van der Waals surface area contributed by atoms with Gasteiger partial charge in [-0.2, -0.15) is 0 Å². The van der Waals surface area contributed by atoms with Gasteiger partial charge in [-0.05, 0) is 42.5 Å². The Morgan fingerprint density at radius 2 is 2.12 bits per heavy atom. The molecule has 2 aromatic carbocycles. The van der Waals surface area contributed by atoms with Gasteiger partial charge in [-0.1, -0.05) is 24.3 Å². The van der Waals surface area contributed by atoms with Crippen molar-refractivity contribution in [1.29, 1.82) is 0 Å². The number of benzene rings is 2. The fraction of sp³-hybridized carbons (Fsp3) is 0.381. The molecule has 1 aliphatic heterocycles. The molecule has 0 saturated carbocycles. The molecule has 138 valence electrons. The van der Waals surface area contributed by atoms with Crippen LogP contribution in [0.3, 0.4) is 0 Å². The number of nitrogens with zero attached hydrogens (tertiary/aromatic N) is 1. The molecule has 1 unspecified atom stereocenters. The summed E-state index contributed by atoms with van der Waals surface area (Å²) < 4.78 is 5.30. The van der Waals surface area contributed by atoms with Gasteiger partial charge >= 0.3 is 0 Å². The van der Waals surface area contributed by atoms with Crippen LogP contribution in [-0.2, 0) is 11.2 Å². The number of hydrogen-bond acceptors (Lipinski definition) is 4. The number of nitrogen functional groups attached to an aromatic ring is 1. The first-order valence-corrected chi connectivity index (χ1v) is 9.15. The van der Waals surface area contributed by atoms with Crippen LogP contribution in [0.1, 0.15) is 18.4 Å². The van der Waals surface area contributed by atoms with Crippen molar-refractivity contribution in [3.05, 3.63) is 54.1 Å². The predicted octanol–water partition coefficient (Wildman–Crippen LogP) is 2.85. The number of rotatable bonds is 7. The van der Waals surface area contributed by atoms with Crippen LogP contribution in [0.15, 0.2) is 48.5 Å². The van der Waals surface area contributed by atoms with Crippen LogP contribution in [0, 0.1) is 5.92 Å². The quantitative estimate of drug-likeness (QED) is 0.751. The largest absolute Gasteiger partial charge is 0.497 e. The van der Waals surface area contributed by atoms with E-state index in [-0.39, 0.29) is 5.91 Å². The van der Waals surface area contributed by atoms with E-state index >= 15 is 0 Å². The monoisotopic (exact) mass is 353 g/mol. The van der Waals surface area contributed by atoms with Crippen molar-refractivity contribution >= 4 is 17.3 Å². The number of para-hydroxylation sites is 1. The van der Waals surface area contributed by atoms with E-state index in [9.17, 15) is 4.79 Å². The molecule has 26 heavy (non-hydrogen) atoms. The number of nitrogens with one attached hydrogen (secondary N) is 1. The van der Waals surface area contributed by atoms with Crippen molar-refractivity contribution < 1.29 is 9.53 Å². The molecule has 3 rings (SSSR count). The van der Waals surface area contributed by atoms with Crippen molar-refractivity contribution in [2.45, 2.75) is 19.3 Å². The second-order valence-electron chi connectivity index (χ2n) is 6.81. The van der Waals surface area contributed by atoms with Crippen LogP contribution >= 0.6 is 0 Å². The molecule has 0 radical (unpaired) electrons. The minimum absolute atomic E-state index is 0.0908. The molecular formula is C21H27N3O2. The summed E-state index contributed by atoms with van der Waals surface area (Å²) in [5.74, 6) is 1.44. The Hall–Kier alpha value is -2.69. The Morgan fingerprint density at radius 1 is 1.27 bits per heavy atom. The smallest absolute Gasteiger partial charge is 0.220 e. The lowest BCUT2D eigenvalue weighted by Crippen LogP contribution is -2.31. The lowest BCUT2D eigenvalue weighted by molar-refractivity contribution is -0.121. The summed E-state index contributed by atoms with van der Waals surface area (Å²) in [5.41, 5.74) is 8.89. The van der Waals surface area contributed by atoms with E-state index in [0.29, 0.717) is 18.8 Å². The first-order chi connectivity index (χ1) is 12.7. The maximum absolute atomic E-state index is 12.1. The number of nitrogens with two attached hydrogens (primary N) is 1. The van der Waals surface area contributed by atoms with Gasteiger partial charge in [-0.25, -0.2) is 0 Å². The van der Waals surface area contributed by atoms with Crippen molar-refractivity contribution in [2.75, 3.05) is 37.4 Å². The number of amides is 1. The Balaban J connectivity index is 1.42. The highest BCUT2D eigenvalue weighted by Crippen LogP contribution is 2.26. The normalized spacial score (nSPS) is 16.5. The maximum Gasteiger partial charge on any atom is 0.220 e. The number of hydrogen-bond donors (Lipinski definition) is 2. The first kappa shape index (κ1) is 18.1. The van der Waals surface area contributed by atoms with Gasteiger partial charge < -0.3 is 20.7 Å². The van der Waals surface area contributed by atoms with Gasteiger partial charge in [0.2, 0.25) is 5.91 Å². The van der Waals surface area contributed by atoms with Gasteiger partial charge in [0.1, 0.15) is 5.75 Å². The number of ether oxygens (including phenoxy) is 1. The zero-order valence-corrected chi connectivity index (χ0v) is 15.3. The van der Waals surface area contributed by atoms with E-state index in [2.05, 4.69) is 22.3 Å². The van der Waals surface area contributed by atoms with E-state index in [4.69, 9.17) is 10.5 Å².